The van der Waals surface area contributed by atoms with Crippen LogP contribution in [0.1, 0.15) is 32.2 Å². The molecule has 3 heterocycles. The Bertz CT molecular complexity index is 857. The van der Waals surface area contributed by atoms with Gasteiger partial charge in [-0.25, -0.2) is 15.0 Å². The van der Waals surface area contributed by atoms with E-state index < -0.39 is 0 Å². The predicted octanol–water partition coefficient (Wildman–Crippen LogP) is 3.45. The number of anilines is 3. The zero-order chi connectivity index (χ0) is 18.6. The highest BCUT2D eigenvalue weighted by Crippen LogP contribution is 2.26. The van der Waals surface area contributed by atoms with Crippen LogP contribution in [0.2, 0.25) is 0 Å². The SMILES string of the molecule is CC(C)(C)c1cc(Nc2nc(NCCc3ccncn3)ncc2Br)n[nH]1. The minimum Gasteiger partial charge on any atom is -0.354 e. The number of hydrogen-bond acceptors (Lipinski definition) is 7. The molecule has 0 saturated heterocycles. The molecule has 136 valence electrons. The molecular formula is C17H21BrN8. The standard InChI is InChI=1S/C17H21BrN8/c1-17(2,3)13-8-14(26-25-13)23-15-12(18)9-21-16(24-15)20-7-5-11-4-6-19-10-22-11/h4,6,8-10H,5,7H2,1-3H3,(H3,20,21,23,24,25,26). The van der Waals surface area contributed by atoms with Gasteiger partial charge in [0, 0.05) is 48.2 Å². The van der Waals surface area contributed by atoms with E-state index in [1.54, 1.807) is 18.7 Å². The predicted molar refractivity (Wildman–Crippen MR) is 105 cm³/mol. The molecule has 0 saturated carbocycles. The Hall–Kier alpha value is -2.55. The number of halogens is 1. The van der Waals surface area contributed by atoms with Gasteiger partial charge in [-0.2, -0.15) is 10.1 Å². The molecule has 26 heavy (non-hydrogen) atoms. The van der Waals surface area contributed by atoms with Crippen LogP contribution in [-0.4, -0.2) is 36.7 Å². The van der Waals surface area contributed by atoms with Crippen molar-refractivity contribution in [2.24, 2.45) is 0 Å². The average molecular weight is 417 g/mol. The molecular weight excluding hydrogens is 396 g/mol. The molecule has 0 aliphatic rings. The van der Waals surface area contributed by atoms with E-state index in [9.17, 15) is 0 Å². The Balaban J connectivity index is 1.65. The van der Waals surface area contributed by atoms with Crippen molar-refractivity contribution in [2.45, 2.75) is 32.6 Å². The smallest absolute Gasteiger partial charge is 0.224 e. The molecule has 0 amide bonds. The summed E-state index contributed by atoms with van der Waals surface area (Å²) in [6.45, 7) is 7.06. The summed E-state index contributed by atoms with van der Waals surface area (Å²) in [5.74, 6) is 1.90. The zero-order valence-corrected chi connectivity index (χ0v) is 16.5. The van der Waals surface area contributed by atoms with Crippen LogP contribution in [0.4, 0.5) is 17.6 Å². The van der Waals surface area contributed by atoms with Gasteiger partial charge in [0.2, 0.25) is 5.95 Å². The van der Waals surface area contributed by atoms with Gasteiger partial charge in [0.25, 0.3) is 0 Å². The highest BCUT2D eigenvalue weighted by Gasteiger charge is 2.17. The van der Waals surface area contributed by atoms with Gasteiger partial charge in [0.15, 0.2) is 11.6 Å². The molecule has 0 fully saturated rings. The maximum Gasteiger partial charge on any atom is 0.224 e. The third-order valence-corrected chi connectivity index (χ3v) is 4.26. The number of nitrogens with zero attached hydrogens (tertiary/aromatic N) is 5. The summed E-state index contributed by atoms with van der Waals surface area (Å²) in [5.41, 5.74) is 2.02. The van der Waals surface area contributed by atoms with Crippen LogP contribution in [0.15, 0.2) is 35.3 Å². The van der Waals surface area contributed by atoms with Gasteiger partial charge < -0.3 is 10.6 Å². The third-order valence-electron chi connectivity index (χ3n) is 3.68. The monoisotopic (exact) mass is 416 g/mol. The second-order valence-electron chi connectivity index (χ2n) is 6.81. The molecule has 3 N–H and O–H groups in total. The van der Waals surface area contributed by atoms with Gasteiger partial charge >= 0.3 is 0 Å². The Labute approximate surface area is 160 Å². The van der Waals surface area contributed by atoms with E-state index in [1.165, 1.54) is 0 Å². The molecule has 0 bridgehead atoms. The molecule has 3 aromatic heterocycles. The van der Waals surface area contributed by atoms with E-state index in [4.69, 9.17) is 0 Å². The number of hydrogen-bond donors (Lipinski definition) is 3. The van der Waals surface area contributed by atoms with Crippen LogP contribution < -0.4 is 10.6 Å². The summed E-state index contributed by atoms with van der Waals surface area (Å²) < 4.78 is 0.763. The summed E-state index contributed by atoms with van der Waals surface area (Å²) in [6, 6.07) is 3.87. The molecule has 0 spiro atoms. The number of aromatic amines is 1. The van der Waals surface area contributed by atoms with E-state index in [0.717, 1.165) is 22.3 Å². The number of aromatic nitrogens is 6. The van der Waals surface area contributed by atoms with Crippen molar-refractivity contribution in [1.29, 1.82) is 0 Å². The molecule has 9 heteroatoms. The van der Waals surface area contributed by atoms with Gasteiger partial charge in [-0.15, -0.1) is 0 Å². The van der Waals surface area contributed by atoms with Crippen molar-refractivity contribution >= 4 is 33.5 Å². The summed E-state index contributed by atoms with van der Waals surface area (Å²) in [4.78, 5) is 16.9. The largest absolute Gasteiger partial charge is 0.354 e. The Morgan fingerprint density at radius 2 is 2.08 bits per heavy atom. The fourth-order valence-electron chi connectivity index (χ4n) is 2.20. The zero-order valence-electron chi connectivity index (χ0n) is 14.9. The average Bonchev–Trinajstić information content (AvgIpc) is 3.08. The van der Waals surface area contributed by atoms with Crippen molar-refractivity contribution in [3.05, 3.63) is 46.7 Å². The number of nitrogens with one attached hydrogen (secondary N) is 3. The highest BCUT2D eigenvalue weighted by atomic mass is 79.9. The van der Waals surface area contributed by atoms with Crippen LogP contribution in [0.25, 0.3) is 0 Å². The second-order valence-corrected chi connectivity index (χ2v) is 7.66. The summed E-state index contributed by atoms with van der Waals surface area (Å²) in [5, 5.41) is 13.8. The Morgan fingerprint density at radius 1 is 1.23 bits per heavy atom. The van der Waals surface area contributed by atoms with Crippen LogP contribution in [0.5, 0.6) is 0 Å². The van der Waals surface area contributed by atoms with Gasteiger partial charge in [0.1, 0.15) is 6.33 Å². The van der Waals surface area contributed by atoms with Crippen LogP contribution in [0.3, 0.4) is 0 Å². The minimum atomic E-state index is 0.00352. The lowest BCUT2D eigenvalue weighted by Crippen LogP contribution is -2.11. The quantitative estimate of drug-likeness (QED) is 0.564. The molecule has 3 aromatic rings. The van der Waals surface area contributed by atoms with Crippen LogP contribution >= 0.6 is 15.9 Å². The first kappa shape index (κ1) is 18.2. The maximum absolute atomic E-state index is 4.50. The number of rotatable bonds is 6. The number of H-pyrrole nitrogens is 1. The molecule has 0 aliphatic heterocycles. The van der Waals surface area contributed by atoms with Crippen molar-refractivity contribution in [3.63, 3.8) is 0 Å². The van der Waals surface area contributed by atoms with E-state index in [-0.39, 0.29) is 5.41 Å². The van der Waals surface area contributed by atoms with Crippen LogP contribution in [-0.2, 0) is 11.8 Å². The minimum absolute atomic E-state index is 0.00352. The van der Waals surface area contributed by atoms with Gasteiger partial charge in [-0.05, 0) is 22.0 Å². The fraction of sp³-hybridized carbons (Fsp3) is 0.353. The molecule has 0 atom stereocenters. The van der Waals surface area contributed by atoms with Crippen molar-refractivity contribution in [2.75, 3.05) is 17.2 Å². The van der Waals surface area contributed by atoms with Gasteiger partial charge in [-0.3, -0.25) is 5.10 Å². The first-order valence-electron chi connectivity index (χ1n) is 8.26. The van der Waals surface area contributed by atoms with E-state index in [0.29, 0.717) is 24.1 Å². The van der Waals surface area contributed by atoms with E-state index in [1.807, 2.05) is 12.1 Å². The lowest BCUT2D eigenvalue weighted by Gasteiger charge is -2.14. The highest BCUT2D eigenvalue weighted by molar-refractivity contribution is 9.10. The Kier molecular flexibility index (Phi) is 5.46. The van der Waals surface area contributed by atoms with E-state index >= 15 is 0 Å². The topological polar surface area (TPSA) is 104 Å². The summed E-state index contributed by atoms with van der Waals surface area (Å²) in [7, 11) is 0. The molecule has 0 unspecified atom stereocenters. The molecule has 0 radical (unpaired) electrons. The first-order valence-corrected chi connectivity index (χ1v) is 9.05. The van der Waals surface area contributed by atoms with Gasteiger partial charge in [-0.1, -0.05) is 20.8 Å². The third kappa shape index (κ3) is 4.75. The van der Waals surface area contributed by atoms with Crippen molar-refractivity contribution in [3.8, 4) is 0 Å². The first-order chi connectivity index (χ1) is 12.4. The normalized spacial score (nSPS) is 11.4. The van der Waals surface area contributed by atoms with Crippen LogP contribution in [0, 0.1) is 0 Å². The van der Waals surface area contributed by atoms with Gasteiger partial charge in [0.05, 0.1) is 4.47 Å². The van der Waals surface area contributed by atoms with Crippen molar-refractivity contribution in [1.82, 2.24) is 30.1 Å². The fourth-order valence-corrected chi connectivity index (χ4v) is 2.49. The maximum atomic E-state index is 4.50. The molecule has 0 aromatic carbocycles. The second kappa shape index (κ2) is 7.77. The lowest BCUT2D eigenvalue weighted by atomic mass is 9.92. The summed E-state index contributed by atoms with van der Waals surface area (Å²) >= 11 is 3.47. The lowest BCUT2D eigenvalue weighted by molar-refractivity contribution is 0.567. The van der Waals surface area contributed by atoms with E-state index in [2.05, 4.69) is 77.5 Å². The molecule has 3 rings (SSSR count). The molecule has 0 aliphatic carbocycles. The molecule has 8 nitrogen and oxygen atoms in total. The summed E-state index contributed by atoms with van der Waals surface area (Å²) in [6.07, 6.45) is 5.75. The van der Waals surface area contributed by atoms with Crippen molar-refractivity contribution < 1.29 is 0 Å². The Morgan fingerprint density at radius 3 is 2.77 bits per heavy atom.